The van der Waals surface area contributed by atoms with Gasteiger partial charge in [0.15, 0.2) is 0 Å². The smallest absolute Gasteiger partial charge is 0.147 e. The van der Waals surface area contributed by atoms with Crippen molar-refractivity contribution in [2.45, 2.75) is 58.5 Å². The molecule has 0 radical (unpaired) electrons. The first-order chi connectivity index (χ1) is 8.37. The van der Waals surface area contributed by atoms with Gasteiger partial charge in [-0.15, -0.1) is 0 Å². The van der Waals surface area contributed by atoms with Crippen LogP contribution in [-0.2, 0) is 14.7 Å². The van der Waals surface area contributed by atoms with Crippen molar-refractivity contribution < 1.29 is 18.6 Å². The molecule has 0 aromatic carbocycles. The molecule has 3 unspecified atom stereocenters. The topological polar surface area (TPSA) is 63.6 Å². The molecular formula is C13H26O4S. The lowest BCUT2D eigenvalue weighted by Crippen LogP contribution is -2.19. The summed E-state index contributed by atoms with van der Waals surface area (Å²) in [6.07, 6.45) is 6.54. The van der Waals surface area contributed by atoms with Crippen LogP contribution in [0.15, 0.2) is 0 Å². The summed E-state index contributed by atoms with van der Waals surface area (Å²) in [4.78, 5) is 4.54. The second-order valence-corrected chi connectivity index (χ2v) is 7.99. The summed E-state index contributed by atoms with van der Waals surface area (Å²) in [6.45, 7) is 4.38. The monoisotopic (exact) mass is 278 g/mol. The molecule has 1 N–H and O–H groups in total. The van der Waals surface area contributed by atoms with Crippen LogP contribution in [0.1, 0.15) is 52.4 Å². The average molecular weight is 278 g/mol. The Balaban J connectivity index is 2.38. The van der Waals surface area contributed by atoms with Crippen molar-refractivity contribution in [3.8, 4) is 0 Å². The van der Waals surface area contributed by atoms with Gasteiger partial charge in [0.2, 0.25) is 0 Å². The van der Waals surface area contributed by atoms with E-state index in [4.69, 9.17) is 5.26 Å². The predicted molar refractivity (Wildman–Crippen MR) is 72.2 cm³/mol. The molecule has 1 aliphatic rings. The van der Waals surface area contributed by atoms with E-state index < -0.39 is 9.84 Å². The van der Waals surface area contributed by atoms with Crippen molar-refractivity contribution in [3.05, 3.63) is 0 Å². The Hall–Kier alpha value is -0.130. The average Bonchev–Trinajstić information content (AvgIpc) is 3.00. The van der Waals surface area contributed by atoms with E-state index >= 15 is 0 Å². The molecule has 1 rings (SSSR count). The number of hydrogen-bond donors (Lipinski definition) is 1. The second kappa shape index (κ2) is 6.35. The molecule has 1 fully saturated rings. The molecule has 1 saturated carbocycles. The van der Waals surface area contributed by atoms with Crippen LogP contribution in [0.25, 0.3) is 0 Å². The van der Waals surface area contributed by atoms with Gasteiger partial charge in [-0.1, -0.05) is 26.7 Å². The summed E-state index contributed by atoms with van der Waals surface area (Å²) in [5.41, 5.74) is 0.327. The molecule has 0 saturated heterocycles. The fourth-order valence-electron chi connectivity index (χ4n) is 3.06. The first kappa shape index (κ1) is 15.9. The standard InChI is InChI=1S/C13H26O4S/c1-4-11-9-13(11,5-2)10-12(17-14)7-6-8-18(3,15)16/h11-12,14H,4-10H2,1-3H3. The lowest BCUT2D eigenvalue weighted by Gasteiger charge is -2.21. The van der Waals surface area contributed by atoms with Crippen LogP contribution in [0.4, 0.5) is 0 Å². The van der Waals surface area contributed by atoms with Crippen LogP contribution in [0.3, 0.4) is 0 Å². The molecule has 18 heavy (non-hydrogen) atoms. The molecule has 0 amide bonds. The van der Waals surface area contributed by atoms with Crippen LogP contribution >= 0.6 is 0 Å². The van der Waals surface area contributed by atoms with Gasteiger partial charge in [0.1, 0.15) is 9.84 Å². The van der Waals surface area contributed by atoms with Crippen molar-refractivity contribution in [2.75, 3.05) is 12.0 Å². The van der Waals surface area contributed by atoms with E-state index in [2.05, 4.69) is 18.7 Å². The van der Waals surface area contributed by atoms with Gasteiger partial charge in [-0.2, -0.15) is 0 Å². The van der Waals surface area contributed by atoms with Crippen molar-refractivity contribution in [1.82, 2.24) is 0 Å². The summed E-state index contributed by atoms with van der Waals surface area (Å²) in [7, 11) is -2.91. The number of hydrogen-bond acceptors (Lipinski definition) is 4. The molecule has 0 bridgehead atoms. The Kier molecular flexibility index (Phi) is 5.62. The van der Waals surface area contributed by atoms with Crippen LogP contribution in [0.5, 0.6) is 0 Å². The van der Waals surface area contributed by atoms with Gasteiger partial charge in [-0.25, -0.2) is 13.3 Å². The maximum absolute atomic E-state index is 11.0. The highest BCUT2D eigenvalue weighted by molar-refractivity contribution is 7.90. The van der Waals surface area contributed by atoms with Crippen LogP contribution in [-0.4, -0.2) is 31.8 Å². The molecule has 108 valence electrons. The quantitative estimate of drug-likeness (QED) is 0.520. The summed E-state index contributed by atoms with van der Waals surface area (Å²) in [5.74, 6) is 0.915. The molecule has 0 heterocycles. The van der Waals surface area contributed by atoms with E-state index in [1.54, 1.807) is 0 Å². The Morgan fingerprint density at radius 3 is 2.50 bits per heavy atom. The summed E-state index contributed by atoms with van der Waals surface area (Å²) in [6, 6.07) is 0. The normalized spacial score (nSPS) is 29.2. The molecular weight excluding hydrogens is 252 g/mol. The Bertz CT molecular complexity index is 352. The van der Waals surface area contributed by atoms with E-state index in [1.807, 2.05) is 0 Å². The van der Waals surface area contributed by atoms with Gasteiger partial charge in [0, 0.05) is 12.0 Å². The molecule has 0 aromatic heterocycles. The highest BCUT2D eigenvalue weighted by Crippen LogP contribution is 2.60. The third kappa shape index (κ3) is 4.52. The minimum atomic E-state index is -2.91. The third-order valence-corrected chi connectivity index (χ3v) is 5.41. The van der Waals surface area contributed by atoms with Crippen LogP contribution < -0.4 is 0 Å². The van der Waals surface area contributed by atoms with E-state index in [-0.39, 0.29) is 11.9 Å². The second-order valence-electron chi connectivity index (χ2n) is 5.73. The molecule has 4 nitrogen and oxygen atoms in total. The van der Waals surface area contributed by atoms with Gasteiger partial charge >= 0.3 is 0 Å². The van der Waals surface area contributed by atoms with E-state index in [0.29, 0.717) is 18.3 Å². The van der Waals surface area contributed by atoms with Crippen molar-refractivity contribution >= 4 is 9.84 Å². The van der Waals surface area contributed by atoms with E-state index in [1.165, 1.54) is 19.1 Å². The Labute approximate surface area is 111 Å². The van der Waals surface area contributed by atoms with Crippen molar-refractivity contribution in [2.24, 2.45) is 11.3 Å². The van der Waals surface area contributed by atoms with Crippen LogP contribution in [0.2, 0.25) is 0 Å². The first-order valence-electron chi connectivity index (χ1n) is 6.85. The summed E-state index contributed by atoms with van der Waals surface area (Å²) in [5, 5.41) is 8.95. The molecule has 0 spiro atoms. The largest absolute Gasteiger partial charge is 0.252 e. The number of sulfone groups is 1. The zero-order chi connectivity index (χ0) is 13.8. The highest BCUT2D eigenvalue weighted by atomic mass is 32.2. The summed E-state index contributed by atoms with van der Waals surface area (Å²) < 4.78 is 22.1. The molecule has 3 atom stereocenters. The van der Waals surface area contributed by atoms with Crippen LogP contribution in [0, 0.1) is 11.3 Å². The maximum atomic E-state index is 11.0. The van der Waals surface area contributed by atoms with Gasteiger partial charge in [-0.3, -0.25) is 5.26 Å². The minimum Gasteiger partial charge on any atom is -0.252 e. The molecule has 1 aliphatic carbocycles. The van der Waals surface area contributed by atoms with Gasteiger partial charge < -0.3 is 0 Å². The zero-order valence-electron chi connectivity index (χ0n) is 11.7. The number of rotatable bonds is 9. The minimum absolute atomic E-state index is 0.170. The van der Waals surface area contributed by atoms with Crippen molar-refractivity contribution in [3.63, 3.8) is 0 Å². The molecule has 0 aliphatic heterocycles. The maximum Gasteiger partial charge on any atom is 0.147 e. The van der Waals surface area contributed by atoms with E-state index in [9.17, 15) is 8.42 Å². The SMILES string of the molecule is CCC1CC1(CC)CC(CCCS(C)(=O)=O)OO. The van der Waals surface area contributed by atoms with Gasteiger partial charge in [-0.05, 0) is 37.0 Å². The lowest BCUT2D eigenvalue weighted by atomic mass is 9.90. The summed E-state index contributed by atoms with van der Waals surface area (Å²) >= 11 is 0. The highest BCUT2D eigenvalue weighted by Gasteiger charge is 2.51. The zero-order valence-corrected chi connectivity index (χ0v) is 12.5. The Morgan fingerprint density at radius 1 is 1.44 bits per heavy atom. The molecule has 5 heteroatoms. The van der Waals surface area contributed by atoms with Gasteiger partial charge in [0.25, 0.3) is 0 Å². The molecule has 0 aromatic rings. The third-order valence-electron chi connectivity index (χ3n) is 4.38. The fraction of sp³-hybridized carbons (Fsp3) is 1.00. The first-order valence-corrected chi connectivity index (χ1v) is 8.91. The van der Waals surface area contributed by atoms with Crippen molar-refractivity contribution in [1.29, 1.82) is 0 Å². The fourth-order valence-corrected chi connectivity index (χ4v) is 3.75. The predicted octanol–water partition coefficient (Wildman–Crippen LogP) is 2.89. The lowest BCUT2D eigenvalue weighted by molar-refractivity contribution is -0.284. The Morgan fingerprint density at radius 2 is 2.11 bits per heavy atom. The van der Waals surface area contributed by atoms with Gasteiger partial charge in [0.05, 0.1) is 6.10 Å². The van der Waals surface area contributed by atoms with E-state index in [0.717, 1.165) is 18.8 Å².